The topological polar surface area (TPSA) is 87.1 Å². The number of halogens is 4. The van der Waals surface area contributed by atoms with E-state index >= 15 is 0 Å². The smallest absolute Gasteiger partial charge is 0.416 e. The van der Waals surface area contributed by atoms with E-state index in [9.17, 15) is 32.3 Å². The molecule has 0 fully saturated rings. The van der Waals surface area contributed by atoms with Gasteiger partial charge in [-0.1, -0.05) is 54.6 Å². The minimum Gasteiger partial charge on any atom is -0.489 e. The molecule has 2 N–H and O–H groups in total. The van der Waals surface area contributed by atoms with Gasteiger partial charge in [-0.05, 0) is 84.5 Å². The van der Waals surface area contributed by atoms with Crippen molar-refractivity contribution in [3.8, 4) is 16.9 Å². The summed E-state index contributed by atoms with van der Waals surface area (Å²) in [7, 11) is 0. The van der Waals surface area contributed by atoms with Crippen molar-refractivity contribution in [2.24, 2.45) is 0 Å². The average Bonchev–Trinajstić information content (AvgIpc) is 3.01. The lowest BCUT2D eigenvalue weighted by Gasteiger charge is -2.23. The second kappa shape index (κ2) is 15.3. The summed E-state index contributed by atoms with van der Waals surface area (Å²) in [5.74, 6) is -1.80. The number of carboxylic acid groups (broad SMARTS) is 2. The first-order valence-corrected chi connectivity index (χ1v) is 14.4. The molecule has 0 spiro atoms. The number of hydrogen-bond acceptors (Lipinski definition) is 4. The van der Waals surface area contributed by atoms with Gasteiger partial charge < -0.3 is 14.9 Å². The van der Waals surface area contributed by atoms with E-state index < -0.39 is 29.5 Å². The second-order valence-electron chi connectivity index (χ2n) is 10.7. The number of carboxylic acids is 2. The molecule has 0 aromatic heterocycles. The molecule has 4 aromatic carbocycles. The van der Waals surface area contributed by atoms with E-state index in [0.717, 1.165) is 23.3 Å². The summed E-state index contributed by atoms with van der Waals surface area (Å²) in [6.45, 7) is 1.76. The van der Waals surface area contributed by atoms with Gasteiger partial charge in [0.2, 0.25) is 0 Å². The van der Waals surface area contributed by atoms with Crippen LogP contribution in [0.5, 0.6) is 5.75 Å². The lowest BCUT2D eigenvalue weighted by atomic mass is 10.0. The van der Waals surface area contributed by atoms with Crippen LogP contribution in [0.4, 0.5) is 17.6 Å². The Morgan fingerprint density at radius 3 is 2.11 bits per heavy atom. The first-order chi connectivity index (χ1) is 21.5. The van der Waals surface area contributed by atoms with Gasteiger partial charge in [-0.25, -0.2) is 9.18 Å². The van der Waals surface area contributed by atoms with Crippen LogP contribution in [0.2, 0.25) is 0 Å². The molecule has 0 radical (unpaired) electrons. The summed E-state index contributed by atoms with van der Waals surface area (Å²) < 4.78 is 59.6. The number of aliphatic carboxylic acids is 1. The van der Waals surface area contributed by atoms with Crippen molar-refractivity contribution < 1.29 is 42.1 Å². The lowest BCUT2D eigenvalue weighted by molar-refractivity contribution is -0.138. The maximum atomic E-state index is 15.0. The van der Waals surface area contributed by atoms with Crippen LogP contribution >= 0.6 is 0 Å². The maximum absolute atomic E-state index is 15.0. The van der Waals surface area contributed by atoms with Gasteiger partial charge >= 0.3 is 18.1 Å². The summed E-state index contributed by atoms with van der Waals surface area (Å²) in [4.78, 5) is 24.3. The SMILES string of the molecule is O=C(O)CCCCN(CCc1ccccc1OCc1ccc(-c2ccc(C(F)(F)F)cc2)cc1F)Cc1ccc(C(=O)O)cc1. The molecule has 0 saturated carbocycles. The van der Waals surface area contributed by atoms with E-state index in [0.29, 0.717) is 61.3 Å². The Morgan fingerprint density at radius 2 is 1.47 bits per heavy atom. The molecule has 10 heteroatoms. The Morgan fingerprint density at radius 1 is 0.778 bits per heavy atom. The number of rotatable bonds is 15. The lowest BCUT2D eigenvalue weighted by Crippen LogP contribution is -2.27. The Balaban J connectivity index is 1.40. The largest absolute Gasteiger partial charge is 0.489 e. The molecule has 0 amide bonds. The molecule has 4 aromatic rings. The number of unbranched alkanes of at least 4 members (excludes halogenated alkanes) is 1. The standard InChI is InChI=1S/C35H33F4NO5/c36-31-21-28(25-14-16-30(17-15-25)35(37,38)39)12-13-29(31)23-45-32-6-2-1-5-26(32)18-20-40(19-4-3-7-33(41)42)22-24-8-10-27(11-9-24)34(43)44/h1-2,5-6,8-17,21H,3-4,7,18-20,22-23H2,(H,41,42)(H,43,44). The highest BCUT2D eigenvalue weighted by atomic mass is 19.4. The zero-order chi connectivity index (χ0) is 32.4. The molecule has 4 rings (SSSR count). The van der Waals surface area contributed by atoms with Crippen LogP contribution in [-0.4, -0.2) is 40.1 Å². The zero-order valence-corrected chi connectivity index (χ0v) is 24.4. The van der Waals surface area contributed by atoms with Gasteiger partial charge in [0.1, 0.15) is 18.2 Å². The van der Waals surface area contributed by atoms with Gasteiger partial charge in [-0.3, -0.25) is 9.69 Å². The van der Waals surface area contributed by atoms with Crippen molar-refractivity contribution >= 4 is 11.9 Å². The van der Waals surface area contributed by atoms with Crippen LogP contribution in [0.15, 0.2) is 91.0 Å². The minimum absolute atomic E-state index is 0.0506. The summed E-state index contributed by atoms with van der Waals surface area (Å²) in [6, 6.07) is 23.1. The minimum atomic E-state index is -4.45. The highest BCUT2D eigenvalue weighted by Gasteiger charge is 2.30. The van der Waals surface area contributed by atoms with Crippen molar-refractivity contribution in [2.75, 3.05) is 13.1 Å². The van der Waals surface area contributed by atoms with Crippen molar-refractivity contribution in [2.45, 2.75) is 45.0 Å². The third-order valence-electron chi connectivity index (χ3n) is 7.37. The van der Waals surface area contributed by atoms with Gasteiger partial charge in [-0.2, -0.15) is 13.2 Å². The van der Waals surface area contributed by atoms with Gasteiger partial charge in [0, 0.05) is 25.1 Å². The van der Waals surface area contributed by atoms with Crippen LogP contribution < -0.4 is 4.74 Å². The van der Waals surface area contributed by atoms with Crippen LogP contribution in [0.3, 0.4) is 0 Å². The molecule has 45 heavy (non-hydrogen) atoms. The van der Waals surface area contributed by atoms with Crippen molar-refractivity contribution in [1.82, 2.24) is 4.90 Å². The number of para-hydroxylation sites is 1. The number of aromatic carboxylic acids is 1. The van der Waals surface area contributed by atoms with Crippen molar-refractivity contribution in [3.63, 3.8) is 0 Å². The quantitative estimate of drug-likeness (QED) is 0.103. The third kappa shape index (κ3) is 9.90. The number of ether oxygens (including phenoxy) is 1. The molecule has 0 aliphatic rings. The first-order valence-electron chi connectivity index (χ1n) is 14.4. The summed E-state index contributed by atoms with van der Waals surface area (Å²) in [5, 5.41) is 18.2. The molecule has 0 aliphatic carbocycles. The Kier molecular flexibility index (Phi) is 11.3. The first kappa shape index (κ1) is 33.2. The zero-order valence-electron chi connectivity index (χ0n) is 24.4. The predicted molar refractivity (Wildman–Crippen MR) is 161 cm³/mol. The molecular formula is C35H33F4NO5. The fraction of sp³-hybridized carbons (Fsp3) is 0.257. The fourth-order valence-electron chi connectivity index (χ4n) is 4.87. The van der Waals surface area contributed by atoms with Gasteiger partial charge in [-0.15, -0.1) is 0 Å². The normalized spacial score (nSPS) is 11.5. The van der Waals surface area contributed by atoms with E-state index in [1.165, 1.54) is 18.2 Å². The van der Waals surface area contributed by atoms with E-state index in [2.05, 4.69) is 4.90 Å². The predicted octanol–water partition coefficient (Wildman–Crippen LogP) is 8.09. The number of nitrogens with zero attached hydrogens (tertiary/aromatic N) is 1. The molecule has 236 valence electrons. The molecule has 6 nitrogen and oxygen atoms in total. The monoisotopic (exact) mass is 623 g/mol. The van der Waals surface area contributed by atoms with E-state index in [1.807, 2.05) is 18.2 Å². The highest BCUT2D eigenvalue weighted by molar-refractivity contribution is 5.87. The number of carbonyl (C=O) groups is 2. The van der Waals surface area contributed by atoms with Crippen molar-refractivity contribution in [1.29, 1.82) is 0 Å². The molecule has 0 heterocycles. The summed E-state index contributed by atoms with van der Waals surface area (Å²) >= 11 is 0. The number of benzene rings is 4. The Bertz CT molecular complexity index is 1590. The van der Waals surface area contributed by atoms with Crippen LogP contribution in [0.1, 0.15) is 51.9 Å². The van der Waals surface area contributed by atoms with Gasteiger partial charge in [0.25, 0.3) is 0 Å². The Labute approximate surface area is 258 Å². The average molecular weight is 624 g/mol. The molecular weight excluding hydrogens is 590 g/mol. The van der Waals surface area contributed by atoms with Crippen molar-refractivity contribution in [3.05, 3.63) is 125 Å². The molecule has 0 bridgehead atoms. The van der Waals surface area contributed by atoms with Gasteiger partial charge in [0.15, 0.2) is 0 Å². The van der Waals surface area contributed by atoms with E-state index in [1.54, 1.807) is 42.5 Å². The molecule has 0 atom stereocenters. The molecule has 0 saturated heterocycles. The van der Waals surface area contributed by atoms with Crippen LogP contribution in [0.25, 0.3) is 11.1 Å². The third-order valence-corrected chi connectivity index (χ3v) is 7.37. The summed E-state index contributed by atoms with van der Waals surface area (Å²) in [6.07, 6.45) is -2.55. The molecule has 0 unspecified atom stereocenters. The fourth-order valence-corrected chi connectivity index (χ4v) is 4.87. The van der Waals surface area contributed by atoms with E-state index in [4.69, 9.17) is 9.84 Å². The summed E-state index contributed by atoms with van der Waals surface area (Å²) in [5.41, 5.74) is 2.46. The number of hydrogen-bond donors (Lipinski definition) is 2. The van der Waals surface area contributed by atoms with Crippen LogP contribution in [0, 0.1) is 5.82 Å². The number of alkyl halides is 3. The second-order valence-corrected chi connectivity index (χ2v) is 10.7. The maximum Gasteiger partial charge on any atom is 0.416 e. The van der Waals surface area contributed by atoms with E-state index in [-0.39, 0.29) is 18.6 Å². The molecule has 0 aliphatic heterocycles. The van der Waals surface area contributed by atoms with Gasteiger partial charge in [0.05, 0.1) is 11.1 Å². The van der Waals surface area contributed by atoms with Crippen LogP contribution in [-0.2, 0) is 30.5 Å². The highest BCUT2D eigenvalue weighted by Crippen LogP contribution is 2.31. The Hall–Kier alpha value is -4.70.